The van der Waals surface area contributed by atoms with E-state index in [0.717, 1.165) is 5.56 Å². The molecule has 0 saturated carbocycles. The van der Waals surface area contributed by atoms with Gasteiger partial charge >= 0.3 is 0 Å². The number of hydrogen-bond donors (Lipinski definition) is 1. The smallest absolute Gasteiger partial charge is 0.253 e. The van der Waals surface area contributed by atoms with Crippen molar-refractivity contribution in [2.75, 3.05) is 20.2 Å². The molecule has 0 bridgehead atoms. The lowest BCUT2D eigenvalue weighted by molar-refractivity contribution is -0.122. The third-order valence-corrected chi connectivity index (χ3v) is 3.78. The van der Waals surface area contributed by atoms with Crippen molar-refractivity contribution in [3.05, 3.63) is 35.4 Å². The minimum absolute atomic E-state index is 0.0513. The maximum absolute atomic E-state index is 12.4. The molecule has 2 atom stereocenters. The Morgan fingerprint density at radius 3 is 2.45 bits per heavy atom. The second-order valence-electron chi connectivity index (χ2n) is 5.33. The van der Waals surface area contributed by atoms with Crippen LogP contribution in [0.15, 0.2) is 24.3 Å². The number of benzene rings is 1. The molecule has 1 aliphatic rings. The Morgan fingerprint density at radius 2 is 1.95 bits per heavy atom. The van der Waals surface area contributed by atoms with Gasteiger partial charge in [0.1, 0.15) is 0 Å². The van der Waals surface area contributed by atoms with E-state index >= 15 is 0 Å². The van der Waals surface area contributed by atoms with Gasteiger partial charge in [-0.1, -0.05) is 19.1 Å². The molecule has 0 unspecified atom stereocenters. The van der Waals surface area contributed by atoms with Crippen molar-refractivity contribution in [2.24, 2.45) is 17.6 Å². The Balaban J connectivity index is 2.06. The molecule has 1 aromatic rings. The molecule has 1 aromatic carbocycles. The summed E-state index contributed by atoms with van der Waals surface area (Å²) < 4.78 is 5.04. The van der Waals surface area contributed by atoms with Crippen molar-refractivity contribution >= 4 is 11.8 Å². The topological polar surface area (TPSA) is 72.6 Å². The molecule has 108 valence electrons. The highest BCUT2D eigenvalue weighted by Gasteiger charge is 2.35. The number of nitrogens with zero attached hydrogens (tertiary/aromatic N) is 1. The number of likely N-dealkylation sites (tertiary alicyclic amines) is 1. The lowest BCUT2D eigenvalue weighted by Gasteiger charge is -2.16. The number of carbonyl (C=O) groups is 2. The first-order chi connectivity index (χ1) is 9.52. The lowest BCUT2D eigenvalue weighted by atomic mass is 9.98. The van der Waals surface area contributed by atoms with E-state index in [9.17, 15) is 9.59 Å². The Kier molecular flexibility index (Phi) is 4.39. The fourth-order valence-corrected chi connectivity index (χ4v) is 2.60. The van der Waals surface area contributed by atoms with E-state index in [2.05, 4.69) is 0 Å². The monoisotopic (exact) mass is 276 g/mol. The van der Waals surface area contributed by atoms with Crippen LogP contribution in [-0.2, 0) is 16.1 Å². The maximum atomic E-state index is 12.4. The van der Waals surface area contributed by atoms with Crippen LogP contribution >= 0.6 is 0 Å². The predicted octanol–water partition coefficient (Wildman–Crippen LogP) is 1.03. The molecule has 5 nitrogen and oxygen atoms in total. The number of methoxy groups -OCH3 is 1. The summed E-state index contributed by atoms with van der Waals surface area (Å²) in [5, 5.41) is 0. The molecular formula is C15H20N2O3. The molecule has 0 radical (unpaired) electrons. The number of amides is 2. The molecule has 2 rings (SSSR count). The molecule has 1 fully saturated rings. The number of primary amides is 1. The Morgan fingerprint density at radius 1 is 1.30 bits per heavy atom. The van der Waals surface area contributed by atoms with Crippen molar-refractivity contribution < 1.29 is 14.3 Å². The highest BCUT2D eigenvalue weighted by atomic mass is 16.5. The zero-order valence-corrected chi connectivity index (χ0v) is 11.8. The number of hydrogen-bond acceptors (Lipinski definition) is 3. The molecule has 20 heavy (non-hydrogen) atoms. The zero-order chi connectivity index (χ0) is 14.7. The van der Waals surface area contributed by atoms with E-state index in [0.29, 0.717) is 25.3 Å². The van der Waals surface area contributed by atoms with Gasteiger partial charge in [-0.3, -0.25) is 9.59 Å². The third-order valence-electron chi connectivity index (χ3n) is 3.78. The summed E-state index contributed by atoms with van der Waals surface area (Å²) in [5.41, 5.74) is 7.00. The van der Waals surface area contributed by atoms with Crippen LogP contribution in [0.25, 0.3) is 0 Å². The summed E-state index contributed by atoms with van der Waals surface area (Å²) in [6.07, 6.45) is 0. The fraction of sp³-hybridized carbons (Fsp3) is 0.467. The molecule has 0 aromatic heterocycles. The largest absolute Gasteiger partial charge is 0.380 e. The highest BCUT2D eigenvalue weighted by Crippen LogP contribution is 2.24. The van der Waals surface area contributed by atoms with Crippen molar-refractivity contribution in [3.8, 4) is 0 Å². The molecule has 1 saturated heterocycles. The maximum Gasteiger partial charge on any atom is 0.253 e. The molecular weight excluding hydrogens is 256 g/mol. The molecule has 1 aliphatic heterocycles. The van der Waals surface area contributed by atoms with Crippen LogP contribution in [-0.4, -0.2) is 36.9 Å². The summed E-state index contributed by atoms with van der Waals surface area (Å²) in [6, 6.07) is 7.33. The van der Waals surface area contributed by atoms with Crippen molar-refractivity contribution in [3.63, 3.8) is 0 Å². The van der Waals surface area contributed by atoms with Crippen LogP contribution in [0.1, 0.15) is 22.8 Å². The summed E-state index contributed by atoms with van der Waals surface area (Å²) in [6.45, 7) is 3.46. The molecule has 1 heterocycles. The van der Waals surface area contributed by atoms with Gasteiger partial charge in [0, 0.05) is 25.8 Å². The van der Waals surface area contributed by atoms with Gasteiger partial charge in [-0.2, -0.15) is 0 Å². The normalized spacial score (nSPS) is 22.0. The average molecular weight is 276 g/mol. The van der Waals surface area contributed by atoms with Gasteiger partial charge in [0.15, 0.2) is 0 Å². The second kappa shape index (κ2) is 6.05. The SMILES string of the molecule is COCc1ccc(C(=O)N2C[C@@H](C)[C@H](C(N)=O)C2)cc1. The van der Waals surface area contributed by atoms with Crippen LogP contribution in [0.5, 0.6) is 0 Å². The van der Waals surface area contributed by atoms with Gasteiger partial charge < -0.3 is 15.4 Å². The standard InChI is InChI=1S/C15H20N2O3/c1-10-7-17(8-13(10)14(16)18)15(19)12-5-3-11(4-6-12)9-20-2/h3-6,10,13H,7-9H2,1-2H3,(H2,16,18)/t10-,13-/m1/s1. The quantitative estimate of drug-likeness (QED) is 0.892. The van der Waals surface area contributed by atoms with E-state index in [4.69, 9.17) is 10.5 Å². The zero-order valence-electron chi connectivity index (χ0n) is 11.8. The van der Waals surface area contributed by atoms with E-state index in [-0.39, 0.29) is 23.7 Å². The Labute approximate surface area is 118 Å². The van der Waals surface area contributed by atoms with Crippen LogP contribution in [0.4, 0.5) is 0 Å². The summed E-state index contributed by atoms with van der Waals surface area (Å²) in [5.74, 6) is -0.510. The van der Waals surface area contributed by atoms with Crippen LogP contribution < -0.4 is 5.73 Å². The first-order valence-electron chi connectivity index (χ1n) is 6.69. The Bertz CT molecular complexity index is 498. The van der Waals surface area contributed by atoms with Gasteiger partial charge in [0.05, 0.1) is 12.5 Å². The Hall–Kier alpha value is -1.88. The summed E-state index contributed by atoms with van der Waals surface area (Å²) in [7, 11) is 1.63. The van der Waals surface area contributed by atoms with Crippen molar-refractivity contribution in [1.82, 2.24) is 4.90 Å². The van der Waals surface area contributed by atoms with Gasteiger partial charge in [-0.05, 0) is 23.6 Å². The van der Waals surface area contributed by atoms with Crippen LogP contribution in [0.3, 0.4) is 0 Å². The highest BCUT2D eigenvalue weighted by molar-refractivity contribution is 5.95. The van der Waals surface area contributed by atoms with Gasteiger partial charge in [-0.15, -0.1) is 0 Å². The second-order valence-corrected chi connectivity index (χ2v) is 5.33. The molecule has 2 amide bonds. The summed E-state index contributed by atoms with van der Waals surface area (Å²) in [4.78, 5) is 25.4. The fourth-order valence-electron chi connectivity index (χ4n) is 2.60. The molecule has 5 heteroatoms. The van der Waals surface area contributed by atoms with Gasteiger partial charge in [-0.25, -0.2) is 0 Å². The number of rotatable bonds is 4. The first kappa shape index (κ1) is 14.5. The predicted molar refractivity (Wildman–Crippen MR) is 74.9 cm³/mol. The van der Waals surface area contributed by atoms with Crippen molar-refractivity contribution in [1.29, 1.82) is 0 Å². The molecule has 2 N–H and O–H groups in total. The van der Waals surface area contributed by atoms with Gasteiger partial charge in [0.25, 0.3) is 5.91 Å². The lowest BCUT2D eigenvalue weighted by Crippen LogP contribution is -2.31. The third kappa shape index (κ3) is 2.99. The number of nitrogens with two attached hydrogens (primary N) is 1. The number of ether oxygens (including phenoxy) is 1. The van der Waals surface area contributed by atoms with Crippen molar-refractivity contribution in [2.45, 2.75) is 13.5 Å². The van der Waals surface area contributed by atoms with E-state index in [1.165, 1.54) is 0 Å². The minimum atomic E-state index is -0.330. The minimum Gasteiger partial charge on any atom is -0.380 e. The van der Waals surface area contributed by atoms with Crippen LogP contribution in [0.2, 0.25) is 0 Å². The average Bonchev–Trinajstić information content (AvgIpc) is 2.81. The summed E-state index contributed by atoms with van der Waals surface area (Å²) >= 11 is 0. The van der Waals surface area contributed by atoms with Crippen LogP contribution in [0, 0.1) is 11.8 Å². The van der Waals surface area contributed by atoms with Gasteiger partial charge in [0.2, 0.25) is 5.91 Å². The van der Waals surface area contributed by atoms with E-state index < -0.39 is 0 Å². The first-order valence-corrected chi connectivity index (χ1v) is 6.69. The molecule has 0 spiro atoms. The van der Waals surface area contributed by atoms with E-state index in [1.54, 1.807) is 24.1 Å². The number of carbonyl (C=O) groups excluding carboxylic acids is 2. The molecule has 0 aliphatic carbocycles. The van der Waals surface area contributed by atoms with E-state index in [1.807, 2.05) is 19.1 Å².